The molecule has 0 aromatic heterocycles. The molecule has 2 N–H and O–H groups in total. The third kappa shape index (κ3) is 2.66. The molecule has 0 saturated heterocycles. The zero-order valence-electron chi connectivity index (χ0n) is 9.18. The minimum atomic E-state index is -2.06. The van der Waals surface area contributed by atoms with Gasteiger partial charge in [-0.2, -0.15) is 0 Å². The molecular formula is C12H9BF2O3. The Balaban J connectivity index is 2.33. The molecule has 0 aliphatic heterocycles. The molecule has 0 aliphatic rings. The quantitative estimate of drug-likeness (QED) is 0.810. The molecule has 0 heterocycles. The van der Waals surface area contributed by atoms with Gasteiger partial charge in [0.2, 0.25) is 0 Å². The third-order valence-corrected chi connectivity index (χ3v) is 2.30. The molecule has 0 radical (unpaired) electrons. The zero-order chi connectivity index (χ0) is 13.1. The van der Waals surface area contributed by atoms with Crippen molar-refractivity contribution in [3.05, 3.63) is 54.1 Å². The van der Waals surface area contributed by atoms with Crippen molar-refractivity contribution >= 4 is 12.6 Å². The van der Waals surface area contributed by atoms with Crippen LogP contribution in [0.15, 0.2) is 42.5 Å². The van der Waals surface area contributed by atoms with Crippen LogP contribution in [-0.2, 0) is 0 Å². The highest BCUT2D eigenvalue weighted by atomic mass is 19.1. The molecule has 2 aromatic rings. The SMILES string of the molecule is OB(O)c1cc(F)c(Oc2ccccc2)cc1F. The molecule has 2 aromatic carbocycles. The highest BCUT2D eigenvalue weighted by molar-refractivity contribution is 6.58. The summed E-state index contributed by atoms with van der Waals surface area (Å²) in [6.07, 6.45) is 0. The van der Waals surface area contributed by atoms with Gasteiger partial charge in [0.15, 0.2) is 11.6 Å². The Morgan fingerprint density at radius 1 is 0.944 bits per heavy atom. The van der Waals surface area contributed by atoms with E-state index in [1.165, 1.54) is 0 Å². The minimum Gasteiger partial charge on any atom is -0.454 e. The minimum absolute atomic E-state index is 0.317. The Morgan fingerprint density at radius 3 is 2.22 bits per heavy atom. The first kappa shape index (κ1) is 12.5. The Hall–Kier alpha value is -1.92. The lowest BCUT2D eigenvalue weighted by atomic mass is 9.80. The molecule has 3 nitrogen and oxygen atoms in total. The molecule has 6 heteroatoms. The van der Waals surface area contributed by atoms with Crippen molar-refractivity contribution in [3.8, 4) is 11.5 Å². The molecule has 0 amide bonds. The largest absolute Gasteiger partial charge is 0.491 e. The zero-order valence-corrected chi connectivity index (χ0v) is 9.18. The Bertz CT molecular complexity index is 547. The Kier molecular flexibility index (Phi) is 3.59. The van der Waals surface area contributed by atoms with E-state index in [4.69, 9.17) is 14.8 Å². The molecule has 2 rings (SSSR count). The average molecular weight is 250 g/mol. The maximum atomic E-state index is 13.6. The van der Waals surface area contributed by atoms with Crippen molar-refractivity contribution in [2.45, 2.75) is 0 Å². The summed E-state index contributed by atoms with van der Waals surface area (Å²) in [6, 6.07) is 9.79. The van der Waals surface area contributed by atoms with Gasteiger partial charge in [0, 0.05) is 11.5 Å². The second kappa shape index (κ2) is 5.16. The van der Waals surface area contributed by atoms with Gasteiger partial charge < -0.3 is 14.8 Å². The monoisotopic (exact) mass is 250 g/mol. The lowest BCUT2D eigenvalue weighted by Crippen LogP contribution is -2.33. The van der Waals surface area contributed by atoms with Crippen LogP contribution in [0.1, 0.15) is 0 Å². The summed E-state index contributed by atoms with van der Waals surface area (Å²) in [4.78, 5) is 0. The van der Waals surface area contributed by atoms with E-state index in [0.717, 1.165) is 6.07 Å². The van der Waals surface area contributed by atoms with Gasteiger partial charge in [0.25, 0.3) is 0 Å². The molecule has 0 atom stereocenters. The Labute approximate surface area is 102 Å². The molecule has 92 valence electrons. The van der Waals surface area contributed by atoms with Crippen LogP contribution in [-0.4, -0.2) is 17.2 Å². The van der Waals surface area contributed by atoms with E-state index in [-0.39, 0.29) is 5.75 Å². The summed E-state index contributed by atoms with van der Waals surface area (Å²) in [5.41, 5.74) is -0.534. The van der Waals surface area contributed by atoms with Gasteiger partial charge in [-0.15, -0.1) is 0 Å². The van der Waals surface area contributed by atoms with Crippen LogP contribution in [0.25, 0.3) is 0 Å². The van der Waals surface area contributed by atoms with E-state index < -0.39 is 24.2 Å². The maximum Gasteiger partial charge on any atom is 0.491 e. The van der Waals surface area contributed by atoms with E-state index >= 15 is 0 Å². The van der Waals surface area contributed by atoms with E-state index in [1.54, 1.807) is 30.3 Å². The first-order valence-corrected chi connectivity index (χ1v) is 5.16. The van der Waals surface area contributed by atoms with Crippen LogP contribution >= 0.6 is 0 Å². The predicted molar refractivity (Wildman–Crippen MR) is 62.7 cm³/mol. The first-order chi connectivity index (χ1) is 8.58. The van der Waals surface area contributed by atoms with Gasteiger partial charge >= 0.3 is 7.12 Å². The second-order valence-corrected chi connectivity index (χ2v) is 3.59. The van der Waals surface area contributed by atoms with Gasteiger partial charge in [-0.3, -0.25) is 0 Å². The summed E-state index contributed by atoms with van der Waals surface area (Å²) < 4.78 is 32.1. The number of hydrogen-bond donors (Lipinski definition) is 2. The fourth-order valence-corrected chi connectivity index (χ4v) is 1.44. The summed E-state index contributed by atoms with van der Waals surface area (Å²) >= 11 is 0. The predicted octanol–water partition coefficient (Wildman–Crippen LogP) is 1.44. The number of para-hydroxylation sites is 1. The van der Waals surface area contributed by atoms with Crippen LogP contribution in [0.3, 0.4) is 0 Å². The normalized spacial score (nSPS) is 10.2. The number of benzene rings is 2. The van der Waals surface area contributed by atoms with Crippen molar-refractivity contribution in [1.29, 1.82) is 0 Å². The van der Waals surface area contributed by atoms with Crippen LogP contribution in [0, 0.1) is 11.6 Å². The summed E-state index contributed by atoms with van der Waals surface area (Å²) in [7, 11) is -2.06. The van der Waals surface area contributed by atoms with Gasteiger partial charge in [-0.25, -0.2) is 8.78 Å². The molecule has 0 spiro atoms. The van der Waals surface area contributed by atoms with E-state index in [0.29, 0.717) is 11.8 Å². The van der Waals surface area contributed by atoms with Crippen molar-refractivity contribution < 1.29 is 23.6 Å². The van der Waals surface area contributed by atoms with Crippen LogP contribution in [0.5, 0.6) is 11.5 Å². The third-order valence-electron chi connectivity index (χ3n) is 2.30. The Morgan fingerprint density at radius 2 is 1.61 bits per heavy atom. The fraction of sp³-hybridized carbons (Fsp3) is 0. The van der Waals surface area contributed by atoms with Gasteiger partial charge in [-0.05, 0) is 18.2 Å². The first-order valence-electron chi connectivity index (χ1n) is 5.16. The highest BCUT2D eigenvalue weighted by Gasteiger charge is 2.20. The van der Waals surface area contributed by atoms with E-state index in [9.17, 15) is 8.78 Å². The molecule has 0 unspecified atom stereocenters. The van der Waals surface area contributed by atoms with E-state index in [1.807, 2.05) is 0 Å². The summed E-state index contributed by atoms with van der Waals surface area (Å²) in [5, 5.41) is 17.6. The standard InChI is InChI=1S/C12H9BF2O3/c14-10-7-12(11(15)6-9(10)13(16)17)18-8-4-2-1-3-5-8/h1-7,16-17H. The summed E-state index contributed by atoms with van der Waals surface area (Å²) in [6.45, 7) is 0. The molecule has 0 fully saturated rings. The van der Waals surface area contributed by atoms with Gasteiger partial charge in [0.1, 0.15) is 11.6 Å². The highest BCUT2D eigenvalue weighted by Crippen LogP contribution is 2.24. The smallest absolute Gasteiger partial charge is 0.454 e. The fourth-order valence-electron chi connectivity index (χ4n) is 1.44. The van der Waals surface area contributed by atoms with Crippen molar-refractivity contribution in [1.82, 2.24) is 0 Å². The van der Waals surface area contributed by atoms with E-state index in [2.05, 4.69) is 0 Å². The van der Waals surface area contributed by atoms with Crippen LogP contribution in [0.2, 0.25) is 0 Å². The second-order valence-electron chi connectivity index (χ2n) is 3.59. The number of hydrogen-bond acceptors (Lipinski definition) is 3. The molecular weight excluding hydrogens is 241 g/mol. The number of rotatable bonds is 3. The molecule has 0 aliphatic carbocycles. The van der Waals surface area contributed by atoms with Gasteiger partial charge in [-0.1, -0.05) is 18.2 Å². The molecule has 18 heavy (non-hydrogen) atoms. The lowest BCUT2D eigenvalue weighted by molar-refractivity contribution is 0.418. The summed E-state index contributed by atoms with van der Waals surface area (Å²) in [5.74, 6) is -1.78. The van der Waals surface area contributed by atoms with Crippen LogP contribution < -0.4 is 10.2 Å². The number of halogens is 2. The maximum absolute atomic E-state index is 13.6. The van der Waals surface area contributed by atoms with Crippen LogP contribution in [0.4, 0.5) is 8.78 Å². The van der Waals surface area contributed by atoms with Gasteiger partial charge in [0.05, 0.1) is 0 Å². The molecule has 0 bridgehead atoms. The van der Waals surface area contributed by atoms with Crippen molar-refractivity contribution in [3.63, 3.8) is 0 Å². The van der Waals surface area contributed by atoms with Crippen molar-refractivity contribution in [2.75, 3.05) is 0 Å². The topological polar surface area (TPSA) is 49.7 Å². The molecule has 0 saturated carbocycles. The number of ether oxygens (including phenoxy) is 1. The van der Waals surface area contributed by atoms with Crippen molar-refractivity contribution in [2.24, 2.45) is 0 Å². The lowest BCUT2D eigenvalue weighted by Gasteiger charge is -2.09. The average Bonchev–Trinajstić information content (AvgIpc) is 2.34.